The third-order valence-electron chi connectivity index (χ3n) is 9.08. The molecule has 4 N–H and O–H groups in total. The second-order valence-electron chi connectivity index (χ2n) is 13.9. The Bertz CT molecular complexity index is 1660. The van der Waals surface area contributed by atoms with E-state index in [9.17, 15) is 28.3 Å². The molecule has 15 heteroatoms. The molecule has 5 rings (SSSR count). The normalized spacial score (nSPS) is 20.0. The number of aliphatic hydroxyl groups is 1. The van der Waals surface area contributed by atoms with Crippen molar-refractivity contribution in [3.8, 4) is 11.1 Å². The van der Waals surface area contributed by atoms with Crippen LogP contribution in [0.2, 0.25) is 0 Å². The molecule has 0 saturated carbocycles. The van der Waals surface area contributed by atoms with Crippen molar-refractivity contribution in [1.29, 1.82) is 0 Å². The second kappa shape index (κ2) is 17.2. The summed E-state index contributed by atoms with van der Waals surface area (Å²) in [7, 11) is 1.18. The number of nitrogens with one attached hydrogen (secondary N) is 3. The highest BCUT2D eigenvalue weighted by molar-refractivity contribution is 5.86. The van der Waals surface area contributed by atoms with Crippen LogP contribution in [0.15, 0.2) is 67.0 Å². The molecule has 2 saturated heterocycles. The third kappa shape index (κ3) is 10.00. The van der Waals surface area contributed by atoms with Gasteiger partial charge in [0.2, 0.25) is 5.91 Å². The smallest absolute Gasteiger partial charge is 0.422 e. The summed E-state index contributed by atoms with van der Waals surface area (Å²) in [6.45, 7) is 4.96. The average Bonchev–Trinajstić information content (AvgIpc) is 3.73. The zero-order valence-corrected chi connectivity index (χ0v) is 29.5. The molecule has 0 aliphatic carbocycles. The predicted octanol–water partition coefficient (Wildman–Crippen LogP) is 4.09. The third-order valence-corrected chi connectivity index (χ3v) is 9.08. The first-order chi connectivity index (χ1) is 24.8. The second-order valence-corrected chi connectivity index (χ2v) is 13.9. The minimum atomic E-state index is -1.43. The standard InChI is InChI=1S/C37H45F2N5O8/c1-37(2,3)32(42-35(47)49-4)33(46)41-29(17-22-10-12-23(13-11-22)24-7-6-15-40-18-24)30(45)20-44(19-26-27(38)8-5-9-28(26)39)43-36(48)52-31-21-51-34-25(31)14-16-50-34/h5-13,15,18,25,29-32,34,45H,14,16-17,19-21H2,1-4H3,(H,41,46)(H,42,47)(H,43,48). The van der Waals surface area contributed by atoms with E-state index >= 15 is 0 Å². The molecular weight excluding hydrogens is 680 g/mol. The number of carbonyl (C=O) groups excluding carboxylic acids is 3. The average molecular weight is 726 g/mol. The van der Waals surface area contributed by atoms with Crippen LogP contribution in [-0.4, -0.2) is 90.6 Å². The van der Waals surface area contributed by atoms with Crippen molar-refractivity contribution in [1.82, 2.24) is 26.1 Å². The number of hydrazine groups is 1. The minimum Gasteiger partial charge on any atom is -0.453 e. The number of hydrogen-bond donors (Lipinski definition) is 4. The Hall–Kier alpha value is -4.70. The molecule has 0 bridgehead atoms. The minimum absolute atomic E-state index is 0.101. The van der Waals surface area contributed by atoms with E-state index in [1.54, 1.807) is 33.2 Å². The van der Waals surface area contributed by atoms with Gasteiger partial charge >= 0.3 is 12.2 Å². The number of benzene rings is 2. The molecule has 0 radical (unpaired) electrons. The van der Waals surface area contributed by atoms with Gasteiger partial charge in [0.15, 0.2) is 6.29 Å². The first-order valence-corrected chi connectivity index (χ1v) is 17.0. The van der Waals surface area contributed by atoms with Crippen molar-refractivity contribution in [2.45, 2.75) is 70.7 Å². The van der Waals surface area contributed by atoms with Crippen LogP contribution in [0.25, 0.3) is 11.1 Å². The SMILES string of the molecule is COC(=O)NC(C(=O)NC(Cc1ccc(-c2cccnc2)cc1)C(O)CN(Cc1c(F)cccc1F)NC(=O)OC1COC2OCCC12)C(C)(C)C. The summed E-state index contributed by atoms with van der Waals surface area (Å²) in [5, 5.41) is 18.3. The van der Waals surface area contributed by atoms with Crippen LogP contribution in [0.1, 0.15) is 38.3 Å². The van der Waals surface area contributed by atoms with E-state index in [1.165, 1.54) is 13.2 Å². The molecule has 2 fully saturated rings. The van der Waals surface area contributed by atoms with E-state index in [2.05, 4.69) is 21.0 Å². The molecule has 0 spiro atoms. The monoisotopic (exact) mass is 725 g/mol. The van der Waals surface area contributed by atoms with Gasteiger partial charge in [-0.1, -0.05) is 57.2 Å². The molecule has 2 aromatic carbocycles. The van der Waals surface area contributed by atoms with Gasteiger partial charge in [-0.25, -0.2) is 23.4 Å². The highest BCUT2D eigenvalue weighted by Crippen LogP contribution is 2.33. The van der Waals surface area contributed by atoms with Crippen molar-refractivity contribution in [2.75, 3.05) is 26.9 Å². The summed E-state index contributed by atoms with van der Waals surface area (Å²) in [5.41, 5.74) is 3.93. The van der Waals surface area contributed by atoms with Crippen molar-refractivity contribution in [3.63, 3.8) is 0 Å². The number of halogens is 2. The van der Waals surface area contributed by atoms with Crippen LogP contribution in [0, 0.1) is 23.0 Å². The van der Waals surface area contributed by atoms with Crippen molar-refractivity contribution >= 4 is 18.1 Å². The molecule has 6 atom stereocenters. The van der Waals surface area contributed by atoms with Crippen molar-refractivity contribution < 1.29 is 47.2 Å². The Morgan fingerprint density at radius 3 is 2.38 bits per heavy atom. The Morgan fingerprint density at radius 2 is 1.73 bits per heavy atom. The van der Waals surface area contributed by atoms with Gasteiger partial charge in [0.1, 0.15) is 23.8 Å². The summed E-state index contributed by atoms with van der Waals surface area (Å²) in [6.07, 6.45) is -0.117. The summed E-state index contributed by atoms with van der Waals surface area (Å²) in [6, 6.07) is 12.5. The van der Waals surface area contributed by atoms with Gasteiger partial charge < -0.3 is 34.7 Å². The molecule has 3 amide bonds. The van der Waals surface area contributed by atoms with Gasteiger partial charge in [-0.3, -0.25) is 15.2 Å². The Labute approximate surface area is 300 Å². The van der Waals surface area contributed by atoms with Crippen LogP contribution in [0.3, 0.4) is 0 Å². The van der Waals surface area contributed by atoms with E-state index in [1.807, 2.05) is 36.4 Å². The van der Waals surface area contributed by atoms with Crippen molar-refractivity contribution in [2.24, 2.45) is 11.3 Å². The zero-order valence-electron chi connectivity index (χ0n) is 29.5. The first kappa shape index (κ1) is 38.5. The topological polar surface area (TPSA) is 161 Å². The number of ether oxygens (including phenoxy) is 4. The summed E-state index contributed by atoms with van der Waals surface area (Å²) in [4.78, 5) is 43.3. The Morgan fingerprint density at radius 1 is 1.00 bits per heavy atom. The molecule has 3 heterocycles. The molecule has 13 nitrogen and oxygen atoms in total. The number of pyridine rings is 1. The number of fused-ring (bicyclic) bond motifs is 1. The number of aliphatic hydroxyl groups excluding tert-OH is 1. The quantitative estimate of drug-likeness (QED) is 0.189. The number of rotatable bonds is 13. The van der Waals surface area contributed by atoms with Crippen molar-refractivity contribution in [3.05, 3.63) is 89.8 Å². The Balaban J connectivity index is 1.39. The summed E-state index contributed by atoms with van der Waals surface area (Å²) < 4.78 is 51.1. The maximum absolute atomic E-state index is 14.9. The number of carbonyl (C=O) groups is 3. The van der Waals surface area contributed by atoms with E-state index in [4.69, 9.17) is 18.9 Å². The summed E-state index contributed by atoms with van der Waals surface area (Å²) in [5.74, 6) is -2.48. The van der Waals surface area contributed by atoms with Crippen LogP contribution < -0.4 is 16.1 Å². The molecule has 2 aliphatic rings. The highest BCUT2D eigenvalue weighted by Gasteiger charge is 2.44. The van der Waals surface area contributed by atoms with E-state index in [-0.39, 0.29) is 24.5 Å². The van der Waals surface area contributed by atoms with Crippen LogP contribution in [0.5, 0.6) is 0 Å². The highest BCUT2D eigenvalue weighted by atomic mass is 19.1. The first-order valence-electron chi connectivity index (χ1n) is 17.0. The number of methoxy groups -OCH3 is 1. The molecule has 3 aromatic rings. The van der Waals surface area contributed by atoms with Crippen LogP contribution >= 0.6 is 0 Å². The lowest BCUT2D eigenvalue weighted by Crippen LogP contribution is -2.59. The van der Waals surface area contributed by atoms with E-state index in [0.717, 1.165) is 33.8 Å². The fourth-order valence-electron chi connectivity index (χ4n) is 6.24. The van der Waals surface area contributed by atoms with Gasteiger partial charge in [0.25, 0.3) is 0 Å². The summed E-state index contributed by atoms with van der Waals surface area (Å²) >= 11 is 0. The maximum Gasteiger partial charge on any atom is 0.422 e. The number of nitrogens with zero attached hydrogens (tertiary/aromatic N) is 2. The number of aromatic nitrogens is 1. The van der Waals surface area contributed by atoms with Gasteiger partial charge in [-0.05, 0) is 53.1 Å². The predicted molar refractivity (Wildman–Crippen MR) is 184 cm³/mol. The molecular formula is C37H45F2N5O8. The lowest BCUT2D eigenvalue weighted by Gasteiger charge is -2.34. The molecule has 1 aromatic heterocycles. The van der Waals surface area contributed by atoms with Gasteiger partial charge in [-0.15, -0.1) is 0 Å². The fraction of sp³-hybridized carbons (Fsp3) is 0.459. The lowest BCUT2D eigenvalue weighted by molar-refractivity contribution is -0.127. The number of amides is 3. The maximum atomic E-state index is 14.9. The van der Waals surface area contributed by atoms with Gasteiger partial charge in [-0.2, -0.15) is 0 Å². The molecule has 2 aliphatic heterocycles. The largest absolute Gasteiger partial charge is 0.453 e. The van der Waals surface area contributed by atoms with E-state index < -0.39 is 78.8 Å². The van der Waals surface area contributed by atoms with Crippen LogP contribution in [0.4, 0.5) is 18.4 Å². The van der Waals surface area contributed by atoms with E-state index in [0.29, 0.717) is 13.0 Å². The molecule has 6 unspecified atom stereocenters. The molecule has 280 valence electrons. The zero-order chi connectivity index (χ0) is 37.4. The van der Waals surface area contributed by atoms with Gasteiger partial charge in [0, 0.05) is 31.0 Å². The van der Waals surface area contributed by atoms with Crippen LogP contribution in [-0.2, 0) is 36.7 Å². The molecule has 52 heavy (non-hydrogen) atoms. The fourth-order valence-corrected chi connectivity index (χ4v) is 6.24. The number of alkyl carbamates (subject to hydrolysis) is 1. The number of hydrogen-bond acceptors (Lipinski definition) is 10. The Kier molecular flexibility index (Phi) is 12.8. The van der Waals surface area contributed by atoms with Gasteiger partial charge in [0.05, 0.1) is 38.4 Å². The lowest BCUT2D eigenvalue weighted by atomic mass is 9.85.